The number of benzene rings is 1. The average molecular weight is 309 g/mol. The molecular formula is C14H19N3O3S. The molecule has 0 spiro atoms. The van der Waals surface area contributed by atoms with E-state index in [1.807, 2.05) is 13.0 Å². The third-order valence-electron chi connectivity index (χ3n) is 2.70. The highest BCUT2D eigenvalue weighted by Crippen LogP contribution is 2.15. The van der Waals surface area contributed by atoms with Gasteiger partial charge in [-0.2, -0.15) is 0 Å². The van der Waals surface area contributed by atoms with Crippen molar-refractivity contribution < 1.29 is 12.9 Å². The van der Waals surface area contributed by atoms with Crippen LogP contribution in [0.4, 0.5) is 5.69 Å². The lowest BCUT2D eigenvalue weighted by atomic mass is 10.3. The van der Waals surface area contributed by atoms with Crippen LogP contribution in [0.1, 0.15) is 25.3 Å². The maximum atomic E-state index is 12.0. The molecule has 1 heterocycles. The number of aryl methyl sites for hydroxylation is 1. The minimum Gasteiger partial charge on any atom is -0.378 e. The molecule has 6 nitrogen and oxygen atoms in total. The second kappa shape index (κ2) is 6.28. The number of anilines is 1. The zero-order valence-corrected chi connectivity index (χ0v) is 13.1. The minimum absolute atomic E-state index is 0.137. The van der Waals surface area contributed by atoms with E-state index < -0.39 is 10.0 Å². The van der Waals surface area contributed by atoms with Crippen LogP contribution >= 0.6 is 0 Å². The van der Waals surface area contributed by atoms with Gasteiger partial charge in [0.05, 0.1) is 17.1 Å². The highest BCUT2D eigenvalue weighted by molar-refractivity contribution is 7.89. The zero-order chi connectivity index (χ0) is 15.5. The van der Waals surface area contributed by atoms with Crippen LogP contribution in [0, 0.1) is 6.92 Å². The Hall–Kier alpha value is -1.86. The summed E-state index contributed by atoms with van der Waals surface area (Å²) < 4.78 is 31.6. The number of nitrogens with zero attached hydrogens (tertiary/aromatic N) is 1. The first-order valence-electron chi connectivity index (χ1n) is 6.65. The van der Waals surface area contributed by atoms with Gasteiger partial charge in [0.15, 0.2) is 5.76 Å². The third kappa shape index (κ3) is 4.30. The molecule has 0 radical (unpaired) electrons. The summed E-state index contributed by atoms with van der Waals surface area (Å²) in [5.41, 5.74) is 1.64. The second-order valence-corrected chi connectivity index (χ2v) is 6.80. The van der Waals surface area contributed by atoms with Crippen LogP contribution in [-0.4, -0.2) is 19.6 Å². The van der Waals surface area contributed by atoms with Gasteiger partial charge in [-0.15, -0.1) is 0 Å². The topological polar surface area (TPSA) is 84.2 Å². The van der Waals surface area contributed by atoms with E-state index >= 15 is 0 Å². The van der Waals surface area contributed by atoms with E-state index in [0.29, 0.717) is 6.54 Å². The van der Waals surface area contributed by atoms with Gasteiger partial charge in [-0.25, -0.2) is 13.1 Å². The fourth-order valence-corrected chi connectivity index (χ4v) is 3.07. The van der Waals surface area contributed by atoms with E-state index in [0.717, 1.165) is 17.1 Å². The van der Waals surface area contributed by atoms with Crippen molar-refractivity contribution in [2.75, 3.05) is 5.32 Å². The van der Waals surface area contributed by atoms with Crippen LogP contribution in [0.15, 0.2) is 39.8 Å². The van der Waals surface area contributed by atoms with Crippen molar-refractivity contribution in [3.05, 3.63) is 41.8 Å². The van der Waals surface area contributed by atoms with E-state index in [1.165, 1.54) is 0 Å². The van der Waals surface area contributed by atoms with Gasteiger partial charge < -0.3 is 9.84 Å². The maximum absolute atomic E-state index is 12.0. The molecule has 0 aliphatic rings. The SMILES string of the molecule is Cc1cc(CNc2ccc(S(=O)(=O)NC(C)C)cc2)on1. The molecule has 0 fully saturated rings. The number of sulfonamides is 1. The Morgan fingerprint density at radius 3 is 2.43 bits per heavy atom. The summed E-state index contributed by atoms with van der Waals surface area (Å²) >= 11 is 0. The number of aromatic nitrogens is 1. The smallest absolute Gasteiger partial charge is 0.240 e. The first-order chi connectivity index (χ1) is 9.87. The molecule has 7 heteroatoms. The summed E-state index contributed by atoms with van der Waals surface area (Å²) in [5, 5.41) is 6.95. The highest BCUT2D eigenvalue weighted by Gasteiger charge is 2.14. The molecule has 1 aromatic heterocycles. The van der Waals surface area contributed by atoms with Crippen molar-refractivity contribution in [2.24, 2.45) is 0 Å². The molecule has 0 bridgehead atoms. The standard InChI is InChI=1S/C14H19N3O3S/c1-10(2)17-21(18,19)14-6-4-12(5-7-14)15-9-13-8-11(3)16-20-13/h4-8,10,15,17H,9H2,1-3H3. The Balaban J connectivity index is 2.02. The molecular weight excluding hydrogens is 290 g/mol. The Bertz CT molecular complexity index is 691. The van der Waals surface area contributed by atoms with E-state index in [-0.39, 0.29) is 10.9 Å². The summed E-state index contributed by atoms with van der Waals surface area (Å²) in [6.07, 6.45) is 0. The maximum Gasteiger partial charge on any atom is 0.240 e. The summed E-state index contributed by atoms with van der Waals surface area (Å²) in [5.74, 6) is 0.727. The summed E-state index contributed by atoms with van der Waals surface area (Å²) in [6.45, 7) is 5.92. The van der Waals surface area contributed by atoms with Gasteiger partial charge in [-0.1, -0.05) is 5.16 Å². The molecule has 2 N–H and O–H groups in total. The summed E-state index contributed by atoms with van der Waals surface area (Å²) in [6, 6.07) is 8.29. The molecule has 114 valence electrons. The van der Waals surface area contributed by atoms with Crippen molar-refractivity contribution >= 4 is 15.7 Å². The fraction of sp³-hybridized carbons (Fsp3) is 0.357. The van der Waals surface area contributed by atoms with Crippen LogP contribution in [-0.2, 0) is 16.6 Å². The second-order valence-electron chi connectivity index (χ2n) is 5.09. The van der Waals surface area contributed by atoms with Gasteiger partial charge in [0.1, 0.15) is 0 Å². The Morgan fingerprint density at radius 1 is 1.24 bits per heavy atom. The van der Waals surface area contributed by atoms with E-state index in [2.05, 4.69) is 15.2 Å². The Kier molecular flexibility index (Phi) is 4.64. The molecule has 2 rings (SSSR count). The normalized spacial score (nSPS) is 11.8. The van der Waals surface area contributed by atoms with Crippen LogP contribution in [0.25, 0.3) is 0 Å². The van der Waals surface area contributed by atoms with Gasteiger partial charge >= 0.3 is 0 Å². The predicted octanol–water partition coefficient (Wildman–Crippen LogP) is 2.28. The van der Waals surface area contributed by atoms with Crippen LogP contribution in [0.5, 0.6) is 0 Å². The zero-order valence-electron chi connectivity index (χ0n) is 12.3. The van der Waals surface area contributed by atoms with E-state index in [1.54, 1.807) is 38.1 Å². The molecule has 0 aliphatic heterocycles. The Morgan fingerprint density at radius 2 is 1.90 bits per heavy atom. The van der Waals surface area contributed by atoms with Crippen molar-refractivity contribution in [2.45, 2.75) is 38.3 Å². The summed E-state index contributed by atoms with van der Waals surface area (Å²) in [7, 11) is -3.45. The Labute approximate surface area is 124 Å². The fourth-order valence-electron chi connectivity index (χ4n) is 1.82. The number of hydrogen-bond donors (Lipinski definition) is 2. The molecule has 0 amide bonds. The number of nitrogens with one attached hydrogen (secondary N) is 2. The number of rotatable bonds is 6. The monoisotopic (exact) mass is 309 g/mol. The van der Waals surface area contributed by atoms with Gasteiger partial charge in [-0.05, 0) is 45.0 Å². The molecule has 0 aliphatic carbocycles. The first-order valence-corrected chi connectivity index (χ1v) is 8.13. The van der Waals surface area contributed by atoms with E-state index in [4.69, 9.17) is 4.52 Å². The molecule has 0 saturated carbocycles. The lowest BCUT2D eigenvalue weighted by molar-refractivity contribution is 0.384. The average Bonchev–Trinajstić information content (AvgIpc) is 2.81. The van der Waals surface area contributed by atoms with Crippen LogP contribution in [0.3, 0.4) is 0 Å². The van der Waals surface area contributed by atoms with Crippen LogP contribution in [0.2, 0.25) is 0 Å². The van der Waals surface area contributed by atoms with Crippen molar-refractivity contribution in [1.29, 1.82) is 0 Å². The third-order valence-corrected chi connectivity index (χ3v) is 4.37. The lowest BCUT2D eigenvalue weighted by Gasteiger charge is -2.10. The highest BCUT2D eigenvalue weighted by atomic mass is 32.2. The van der Waals surface area contributed by atoms with Gasteiger partial charge in [0, 0.05) is 17.8 Å². The van der Waals surface area contributed by atoms with Gasteiger partial charge in [0.2, 0.25) is 10.0 Å². The lowest BCUT2D eigenvalue weighted by Crippen LogP contribution is -2.30. The predicted molar refractivity (Wildman–Crippen MR) is 80.5 cm³/mol. The van der Waals surface area contributed by atoms with Crippen LogP contribution < -0.4 is 10.0 Å². The van der Waals surface area contributed by atoms with Gasteiger partial charge in [0.25, 0.3) is 0 Å². The molecule has 2 aromatic rings. The van der Waals surface area contributed by atoms with E-state index in [9.17, 15) is 8.42 Å². The molecule has 21 heavy (non-hydrogen) atoms. The van der Waals surface area contributed by atoms with Crippen molar-refractivity contribution in [1.82, 2.24) is 9.88 Å². The molecule has 0 saturated heterocycles. The largest absolute Gasteiger partial charge is 0.378 e. The minimum atomic E-state index is -3.45. The first kappa shape index (κ1) is 15.5. The molecule has 1 aromatic carbocycles. The molecule has 0 atom stereocenters. The van der Waals surface area contributed by atoms with Crippen molar-refractivity contribution in [3.8, 4) is 0 Å². The van der Waals surface area contributed by atoms with Crippen molar-refractivity contribution in [3.63, 3.8) is 0 Å². The molecule has 0 unspecified atom stereocenters. The van der Waals surface area contributed by atoms with Gasteiger partial charge in [-0.3, -0.25) is 0 Å². The summed E-state index contributed by atoms with van der Waals surface area (Å²) in [4.78, 5) is 0.247. The number of hydrogen-bond acceptors (Lipinski definition) is 5. The quantitative estimate of drug-likeness (QED) is 0.855.